The quantitative estimate of drug-likeness (QED) is 0.597. The molecule has 1 aromatic carbocycles. The lowest BCUT2D eigenvalue weighted by atomic mass is 10.1. The summed E-state index contributed by atoms with van der Waals surface area (Å²) in [6.45, 7) is 4.00. The Morgan fingerprint density at radius 3 is 2.48 bits per heavy atom. The van der Waals surface area contributed by atoms with Gasteiger partial charge in [0.05, 0.1) is 18.2 Å². The van der Waals surface area contributed by atoms with Gasteiger partial charge in [0, 0.05) is 38.3 Å². The second kappa shape index (κ2) is 8.82. The standard InChI is InChI=1S/C24H28N6O3/c1-16-19(24(33)29-11-9-28(10-12-29)23(32)18-7-8-18)13-30-21(16)22(25-15-26-30)27-20(14-31)17-5-3-2-4-6-17/h2-6,13,15,18,20,31H,7-12,14H2,1H3,(H,25,26,27)/t20-/m1/s1. The van der Waals surface area contributed by atoms with Gasteiger partial charge in [-0.2, -0.15) is 5.10 Å². The number of hydrogen-bond acceptors (Lipinski definition) is 6. The number of hydrogen-bond donors (Lipinski definition) is 2. The molecule has 172 valence electrons. The molecule has 33 heavy (non-hydrogen) atoms. The Kier molecular flexibility index (Phi) is 5.72. The lowest BCUT2D eigenvalue weighted by molar-refractivity contribution is -0.134. The van der Waals surface area contributed by atoms with E-state index in [1.54, 1.807) is 15.6 Å². The highest BCUT2D eigenvalue weighted by Crippen LogP contribution is 2.31. The maximum absolute atomic E-state index is 13.3. The molecular weight excluding hydrogens is 420 g/mol. The SMILES string of the molecule is Cc1c(C(=O)N2CCN(C(=O)C3CC3)CC2)cn2ncnc(N[C@H](CO)c3ccccc3)c12. The number of aliphatic hydroxyl groups excluding tert-OH is 1. The van der Waals surface area contributed by atoms with Crippen molar-refractivity contribution >= 4 is 23.1 Å². The Balaban J connectivity index is 1.36. The number of carbonyl (C=O) groups excluding carboxylic acids is 2. The molecule has 3 aromatic rings. The van der Waals surface area contributed by atoms with E-state index >= 15 is 0 Å². The highest BCUT2D eigenvalue weighted by atomic mass is 16.3. The Morgan fingerprint density at radius 1 is 1.12 bits per heavy atom. The van der Waals surface area contributed by atoms with Gasteiger partial charge < -0.3 is 20.2 Å². The number of nitrogens with one attached hydrogen (secondary N) is 1. The van der Waals surface area contributed by atoms with Crippen LogP contribution in [0.3, 0.4) is 0 Å². The van der Waals surface area contributed by atoms with Crippen molar-refractivity contribution in [2.45, 2.75) is 25.8 Å². The number of carbonyl (C=O) groups is 2. The predicted molar refractivity (Wildman–Crippen MR) is 123 cm³/mol. The smallest absolute Gasteiger partial charge is 0.255 e. The summed E-state index contributed by atoms with van der Waals surface area (Å²) in [4.78, 5) is 33.7. The Morgan fingerprint density at radius 2 is 1.82 bits per heavy atom. The number of rotatable bonds is 6. The van der Waals surface area contributed by atoms with Crippen molar-refractivity contribution < 1.29 is 14.7 Å². The minimum atomic E-state index is -0.338. The second-order valence-corrected chi connectivity index (χ2v) is 8.75. The highest BCUT2D eigenvalue weighted by Gasteiger charge is 2.35. The summed E-state index contributed by atoms with van der Waals surface area (Å²) in [7, 11) is 0. The van der Waals surface area contributed by atoms with Crippen LogP contribution < -0.4 is 5.32 Å². The van der Waals surface area contributed by atoms with Gasteiger partial charge in [-0.1, -0.05) is 30.3 Å². The zero-order chi connectivity index (χ0) is 22.9. The van der Waals surface area contributed by atoms with E-state index in [9.17, 15) is 14.7 Å². The number of amides is 2. The fourth-order valence-corrected chi connectivity index (χ4v) is 4.46. The van der Waals surface area contributed by atoms with Crippen molar-refractivity contribution in [2.75, 3.05) is 38.1 Å². The zero-order valence-electron chi connectivity index (χ0n) is 18.6. The van der Waals surface area contributed by atoms with Crippen LogP contribution in [-0.4, -0.2) is 74.1 Å². The first kappa shape index (κ1) is 21.4. The normalized spacial score (nSPS) is 17.3. The molecule has 9 nitrogen and oxygen atoms in total. The van der Waals surface area contributed by atoms with Crippen LogP contribution in [-0.2, 0) is 4.79 Å². The van der Waals surface area contributed by atoms with Crippen molar-refractivity contribution in [1.29, 1.82) is 0 Å². The van der Waals surface area contributed by atoms with E-state index < -0.39 is 0 Å². The van der Waals surface area contributed by atoms with Gasteiger partial charge in [-0.05, 0) is 30.9 Å². The third-order valence-electron chi connectivity index (χ3n) is 6.56. The van der Waals surface area contributed by atoms with Crippen LogP contribution in [0.5, 0.6) is 0 Å². The van der Waals surface area contributed by atoms with Crippen LogP contribution in [0.1, 0.15) is 40.4 Å². The van der Waals surface area contributed by atoms with Gasteiger partial charge in [0.2, 0.25) is 5.91 Å². The molecule has 2 aromatic heterocycles. The number of aryl methyl sites for hydroxylation is 1. The second-order valence-electron chi connectivity index (χ2n) is 8.75. The van der Waals surface area contributed by atoms with Gasteiger partial charge in [-0.3, -0.25) is 9.59 Å². The molecule has 5 rings (SSSR count). The largest absolute Gasteiger partial charge is 0.394 e. The van der Waals surface area contributed by atoms with Gasteiger partial charge in [0.1, 0.15) is 11.8 Å². The monoisotopic (exact) mass is 448 g/mol. The van der Waals surface area contributed by atoms with Crippen LogP contribution in [0.4, 0.5) is 5.82 Å². The van der Waals surface area contributed by atoms with Crippen molar-refractivity contribution in [3.05, 3.63) is 59.5 Å². The van der Waals surface area contributed by atoms with Gasteiger partial charge in [0.15, 0.2) is 5.82 Å². The molecule has 2 N–H and O–H groups in total. The summed E-state index contributed by atoms with van der Waals surface area (Å²) in [6.07, 6.45) is 5.16. The molecule has 0 bridgehead atoms. The lowest BCUT2D eigenvalue weighted by Gasteiger charge is -2.35. The Hall–Kier alpha value is -3.46. The van der Waals surface area contributed by atoms with Gasteiger partial charge >= 0.3 is 0 Å². The van der Waals surface area contributed by atoms with Gasteiger partial charge in [-0.15, -0.1) is 0 Å². The third-order valence-corrected chi connectivity index (χ3v) is 6.56. The predicted octanol–water partition coefficient (Wildman–Crippen LogP) is 1.88. The first-order valence-electron chi connectivity index (χ1n) is 11.4. The molecule has 9 heteroatoms. The number of anilines is 1. The minimum absolute atomic E-state index is 0.0655. The highest BCUT2D eigenvalue weighted by molar-refractivity contribution is 5.99. The number of benzene rings is 1. The van der Waals surface area contributed by atoms with E-state index in [-0.39, 0.29) is 30.4 Å². The summed E-state index contributed by atoms with van der Waals surface area (Å²) >= 11 is 0. The summed E-state index contributed by atoms with van der Waals surface area (Å²) in [5.74, 6) is 0.929. The van der Waals surface area contributed by atoms with Crippen LogP contribution >= 0.6 is 0 Å². The molecule has 3 heterocycles. The van der Waals surface area contributed by atoms with Crippen molar-refractivity contribution in [3.8, 4) is 0 Å². The average molecular weight is 449 g/mol. The molecule has 2 aliphatic rings. The zero-order valence-corrected chi connectivity index (χ0v) is 18.6. The van der Waals surface area contributed by atoms with Gasteiger partial charge in [0.25, 0.3) is 5.91 Å². The molecule has 1 saturated carbocycles. The summed E-state index contributed by atoms with van der Waals surface area (Å²) in [5.41, 5.74) is 3.00. The van der Waals surface area contributed by atoms with E-state index in [1.165, 1.54) is 6.33 Å². The molecule has 0 radical (unpaired) electrons. The average Bonchev–Trinajstić information content (AvgIpc) is 3.65. The van der Waals surface area contributed by atoms with Gasteiger partial charge in [-0.25, -0.2) is 9.50 Å². The van der Waals surface area contributed by atoms with Crippen LogP contribution in [0.15, 0.2) is 42.9 Å². The number of aliphatic hydroxyl groups is 1. The molecule has 2 fully saturated rings. The summed E-state index contributed by atoms with van der Waals surface area (Å²) in [5, 5.41) is 17.5. The van der Waals surface area contributed by atoms with Crippen LogP contribution in [0, 0.1) is 12.8 Å². The fraction of sp³-hybridized carbons (Fsp3) is 0.417. The van der Waals surface area contributed by atoms with E-state index in [0.717, 1.165) is 24.0 Å². The maximum atomic E-state index is 13.3. The number of aromatic nitrogens is 3. The van der Waals surface area contributed by atoms with Crippen LogP contribution in [0.2, 0.25) is 0 Å². The Bertz CT molecular complexity index is 1170. The molecule has 1 aliphatic heterocycles. The minimum Gasteiger partial charge on any atom is -0.394 e. The first-order chi connectivity index (χ1) is 16.1. The van der Waals surface area contributed by atoms with Crippen molar-refractivity contribution in [2.24, 2.45) is 5.92 Å². The van der Waals surface area contributed by atoms with Crippen molar-refractivity contribution in [3.63, 3.8) is 0 Å². The summed E-state index contributed by atoms with van der Waals surface area (Å²) in [6, 6.07) is 9.33. The lowest BCUT2D eigenvalue weighted by Crippen LogP contribution is -2.51. The van der Waals surface area contributed by atoms with E-state index in [4.69, 9.17) is 0 Å². The van der Waals surface area contributed by atoms with E-state index in [1.807, 2.05) is 42.2 Å². The number of fused-ring (bicyclic) bond motifs is 1. The fourth-order valence-electron chi connectivity index (χ4n) is 4.46. The maximum Gasteiger partial charge on any atom is 0.255 e. The number of piperazine rings is 1. The first-order valence-corrected chi connectivity index (χ1v) is 11.4. The topological polar surface area (TPSA) is 103 Å². The summed E-state index contributed by atoms with van der Waals surface area (Å²) < 4.78 is 1.66. The van der Waals surface area contributed by atoms with E-state index in [0.29, 0.717) is 43.1 Å². The number of nitrogens with zero attached hydrogens (tertiary/aromatic N) is 5. The Labute approximate surface area is 192 Å². The van der Waals surface area contributed by atoms with Crippen molar-refractivity contribution in [1.82, 2.24) is 24.4 Å². The molecule has 0 unspecified atom stereocenters. The molecule has 2 amide bonds. The van der Waals surface area contributed by atoms with E-state index in [2.05, 4.69) is 15.4 Å². The molecule has 1 aliphatic carbocycles. The molecule has 1 atom stereocenters. The molecule has 1 saturated heterocycles. The third kappa shape index (κ3) is 4.16. The molecule has 0 spiro atoms. The molecular formula is C24H28N6O3. The van der Waals surface area contributed by atoms with Crippen LogP contribution in [0.25, 0.3) is 5.52 Å².